The molecule has 0 aliphatic rings. The van der Waals surface area contributed by atoms with Crippen molar-refractivity contribution in [2.24, 2.45) is 0 Å². The van der Waals surface area contributed by atoms with Crippen molar-refractivity contribution in [1.29, 1.82) is 0 Å². The molecule has 0 saturated heterocycles. The van der Waals surface area contributed by atoms with E-state index in [1.165, 1.54) is 0 Å². The van der Waals surface area contributed by atoms with Crippen molar-refractivity contribution >= 4 is 72.6 Å². The highest BCUT2D eigenvalue weighted by Crippen LogP contribution is 2.33. The maximum Gasteiger partial charge on any atom is 0.0860 e. The Morgan fingerprint density at radius 3 is 2.71 bits per heavy atom. The van der Waals surface area contributed by atoms with Gasteiger partial charge in [0.05, 0.1) is 14.1 Å². The summed E-state index contributed by atoms with van der Waals surface area (Å²) < 4.78 is 1.78. The molecule has 0 aliphatic heterocycles. The molecule has 0 spiro atoms. The number of pyridine rings is 1. The Morgan fingerprint density at radius 2 is 2.00 bits per heavy atom. The van der Waals surface area contributed by atoms with Gasteiger partial charge in [0, 0.05) is 21.1 Å². The fraction of sp³-hybridized carbons (Fsp3) is 0. The molecule has 0 atom stereocenters. The number of hydrogen-bond donors (Lipinski definition) is 0. The first-order chi connectivity index (χ1) is 6.59. The fourth-order valence-electron chi connectivity index (χ4n) is 1.17. The average molecular weight is 403 g/mol. The largest absolute Gasteiger partial charge is 0.254 e. The predicted molar refractivity (Wildman–Crippen MR) is 72.2 cm³/mol. The van der Waals surface area contributed by atoms with E-state index in [4.69, 9.17) is 23.2 Å². The summed E-state index contributed by atoms with van der Waals surface area (Å²) in [5.41, 5.74) is 0.833. The van der Waals surface area contributed by atoms with Crippen molar-refractivity contribution < 1.29 is 0 Å². The van der Waals surface area contributed by atoms with Gasteiger partial charge in [0.2, 0.25) is 0 Å². The van der Waals surface area contributed by atoms with Crippen molar-refractivity contribution in [3.63, 3.8) is 0 Å². The van der Waals surface area contributed by atoms with E-state index in [1.54, 1.807) is 12.3 Å². The van der Waals surface area contributed by atoms with Crippen LogP contribution in [0.3, 0.4) is 0 Å². The Labute approximate surface area is 113 Å². The van der Waals surface area contributed by atoms with Crippen LogP contribution in [0.2, 0.25) is 10.0 Å². The molecular weight excluding hydrogens is 400 g/mol. The third-order valence-corrected chi connectivity index (χ3v) is 4.15. The highest BCUT2D eigenvalue weighted by molar-refractivity contribution is 14.1. The van der Waals surface area contributed by atoms with Gasteiger partial charge in [0.15, 0.2) is 0 Å². The topological polar surface area (TPSA) is 12.9 Å². The molecule has 0 N–H and O–H groups in total. The van der Waals surface area contributed by atoms with Crippen LogP contribution in [0, 0.1) is 3.57 Å². The second-order valence-corrected chi connectivity index (χ2v) is 5.53. The van der Waals surface area contributed by atoms with Crippen LogP contribution >= 0.6 is 61.7 Å². The summed E-state index contributed by atoms with van der Waals surface area (Å²) in [7, 11) is 0. The standard InChI is InChI=1S/C9H3BrCl2IN/c10-6-2-4(11)1-5-8(12)7(13)3-14-9(5)6/h1-3H. The summed E-state index contributed by atoms with van der Waals surface area (Å²) in [4.78, 5) is 4.28. The van der Waals surface area contributed by atoms with Gasteiger partial charge in [0.25, 0.3) is 0 Å². The zero-order valence-corrected chi connectivity index (χ0v) is 11.9. The van der Waals surface area contributed by atoms with Crippen molar-refractivity contribution in [2.75, 3.05) is 0 Å². The zero-order chi connectivity index (χ0) is 10.3. The quantitative estimate of drug-likeness (QED) is 0.571. The number of rotatable bonds is 0. The van der Waals surface area contributed by atoms with E-state index in [0.717, 1.165) is 18.9 Å². The van der Waals surface area contributed by atoms with Crippen LogP contribution in [-0.2, 0) is 0 Å². The molecule has 1 aromatic heterocycles. The molecule has 0 bridgehead atoms. The fourth-order valence-corrected chi connectivity index (χ4v) is 2.71. The summed E-state index contributed by atoms with van der Waals surface area (Å²) in [6.45, 7) is 0. The summed E-state index contributed by atoms with van der Waals surface area (Å²) in [6, 6.07) is 3.62. The molecule has 0 radical (unpaired) electrons. The molecule has 0 aliphatic carbocycles. The highest BCUT2D eigenvalue weighted by atomic mass is 127. The summed E-state index contributed by atoms with van der Waals surface area (Å²) >= 11 is 17.6. The first-order valence-electron chi connectivity index (χ1n) is 3.68. The summed E-state index contributed by atoms with van der Waals surface area (Å²) in [6.07, 6.45) is 1.74. The van der Waals surface area contributed by atoms with E-state index >= 15 is 0 Å². The van der Waals surface area contributed by atoms with Crippen molar-refractivity contribution in [3.8, 4) is 0 Å². The lowest BCUT2D eigenvalue weighted by molar-refractivity contribution is 1.38. The molecule has 0 unspecified atom stereocenters. The van der Waals surface area contributed by atoms with Crippen LogP contribution < -0.4 is 0 Å². The first kappa shape index (κ1) is 10.9. The monoisotopic (exact) mass is 401 g/mol. The Morgan fingerprint density at radius 1 is 1.29 bits per heavy atom. The average Bonchev–Trinajstić information content (AvgIpc) is 2.12. The molecular formula is C9H3BrCl2IN. The van der Waals surface area contributed by atoms with Gasteiger partial charge in [-0.2, -0.15) is 0 Å². The number of nitrogens with zero attached hydrogens (tertiary/aromatic N) is 1. The lowest BCUT2D eigenvalue weighted by atomic mass is 10.2. The Hall–Kier alpha value is 0.420. The van der Waals surface area contributed by atoms with E-state index in [9.17, 15) is 0 Å². The summed E-state index contributed by atoms with van der Waals surface area (Å²) in [5.74, 6) is 0. The third-order valence-electron chi connectivity index (χ3n) is 1.78. The first-order valence-corrected chi connectivity index (χ1v) is 6.31. The van der Waals surface area contributed by atoms with Crippen LogP contribution in [0.5, 0.6) is 0 Å². The zero-order valence-electron chi connectivity index (χ0n) is 6.69. The van der Waals surface area contributed by atoms with Gasteiger partial charge in [0.1, 0.15) is 0 Å². The van der Waals surface area contributed by atoms with Crippen LogP contribution in [0.15, 0.2) is 22.8 Å². The predicted octanol–water partition coefficient (Wildman–Crippen LogP) is 4.91. The van der Waals surface area contributed by atoms with Gasteiger partial charge in [-0.05, 0) is 50.7 Å². The molecule has 0 saturated carbocycles. The maximum atomic E-state index is 6.14. The lowest BCUT2D eigenvalue weighted by Crippen LogP contribution is -1.85. The number of aromatic nitrogens is 1. The number of hydrogen-bond acceptors (Lipinski definition) is 1. The van der Waals surface area contributed by atoms with Crippen molar-refractivity contribution in [1.82, 2.24) is 4.98 Å². The minimum absolute atomic E-state index is 0.648. The molecule has 0 amide bonds. The molecule has 0 fully saturated rings. The second kappa shape index (κ2) is 4.12. The smallest absolute Gasteiger partial charge is 0.0860 e. The Bertz CT molecular complexity index is 516. The minimum Gasteiger partial charge on any atom is -0.254 e. The van der Waals surface area contributed by atoms with E-state index in [-0.39, 0.29) is 0 Å². The van der Waals surface area contributed by atoms with Crippen LogP contribution in [0.4, 0.5) is 0 Å². The molecule has 1 aromatic carbocycles. The molecule has 1 heterocycles. The van der Waals surface area contributed by atoms with Crippen molar-refractivity contribution in [2.45, 2.75) is 0 Å². The number of halogens is 4. The maximum absolute atomic E-state index is 6.14. The molecule has 2 rings (SSSR count). The van der Waals surface area contributed by atoms with Gasteiger partial charge in [-0.3, -0.25) is 4.98 Å². The summed E-state index contributed by atoms with van der Waals surface area (Å²) in [5, 5.41) is 2.21. The molecule has 72 valence electrons. The van der Waals surface area contributed by atoms with Gasteiger partial charge < -0.3 is 0 Å². The van der Waals surface area contributed by atoms with Crippen molar-refractivity contribution in [3.05, 3.63) is 36.4 Å². The van der Waals surface area contributed by atoms with Gasteiger partial charge >= 0.3 is 0 Å². The SMILES string of the molecule is Clc1cc(Br)c2ncc(I)c(Cl)c2c1. The van der Waals surface area contributed by atoms with E-state index in [0.29, 0.717) is 10.0 Å². The number of benzene rings is 1. The minimum atomic E-state index is 0.648. The molecule has 2 aromatic rings. The van der Waals surface area contributed by atoms with Gasteiger partial charge in [-0.1, -0.05) is 23.2 Å². The normalized spacial score (nSPS) is 10.9. The second-order valence-electron chi connectivity index (χ2n) is 2.70. The molecule has 1 nitrogen and oxygen atoms in total. The molecule has 14 heavy (non-hydrogen) atoms. The van der Waals surface area contributed by atoms with E-state index in [2.05, 4.69) is 43.5 Å². The lowest BCUT2D eigenvalue weighted by Gasteiger charge is -2.04. The Balaban J connectivity index is 2.95. The van der Waals surface area contributed by atoms with Crippen LogP contribution in [0.25, 0.3) is 10.9 Å². The van der Waals surface area contributed by atoms with Crippen LogP contribution in [0.1, 0.15) is 0 Å². The van der Waals surface area contributed by atoms with E-state index < -0.39 is 0 Å². The molecule has 5 heteroatoms. The third kappa shape index (κ3) is 1.87. The number of fused-ring (bicyclic) bond motifs is 1. The van der Waals surface area contributed by atoms with Crippen LogP contribution in [-0.4, -0.2) is 4.98 Å². The Kier molecular flexibility index (Phi) is 3.21. The highest BCUT2D eigenvalue weighted by Gasteiger charge is 2.08. The van der Waals surface area contributed by atoms with Gasteiger partial charge in [-0.25, -0.2) is 0 Å². The van der Waals surface area contributed by atoms with E-state index in [1.807, 2.05) is 6.07 Å². The van der Waals surface area contributed by atoms with Gasteiger partial charge in [-0.15, -0.1) is 0 Å².